The average Bonchev–Trinajstić information content (AvgIpc) is 3.13. The summed E-state index contributed by atoms with van der Waals surface area (Å²) in [5.41, 5.74) is 0.879. The summed E-state index contributed by atoms with van der Waals surface area (Å²) in [6.45, 7) is 1.64. The first-order valence-corrected chi connectivity index (χ1v) is 8.74. The van der Waals surface area contributed by atoms with E-state index in [1.165, 1.54) is 6.07 Å². The predicted molar refractivity (Wildman–Crippen MR) is 96.6 cm³/mol. The van der Waals surface area contributed by atoms with Crippen LogP contribution >= 0.6 is 11.8 Å². The van der Waals surface area contributed by atoms with Crippen molar-refractivity contribution in [2.75, 3.05) is 12.4 Å². The van der Waals surface area contributed by atoms with Gasteiger partial charge in [-0.2, -0.15) is 0 Å². The third-order valence-corrected chi connectivity index (χ3v) is 4.51. The molecule has 0 unspecified atom stereocenters. The third-order valence-electron chi connectivity index (χ3n) is 3.58. The van der Waals surface area contributed by atoms with Crippen LogP contribution in [0.5, 0.6) is 5.75 Å². The second-order valence-corrected chi connectivity index (χ2v) is 6.77. The fourth-order valence-corrected chi connectivity index (χ4v) is 2.81. The Balaban J connectivity index is 1.63. The summed E-state index contributed by atoms with van der Waals surface area (Å²) in [4.78, 5) is 12.2. The standard InChI is InChI=1S/C18H15F2N3O3S/c1-10(16(24)21-12-5-8-14(19)15(20)9-12)27-18-23-22-17(26-18)11-3-6-13(25-2)7-4-11/h3-10H,1-2H3,(H,21,24)/t10-/m1/s1. The van der Waals surface area contributed by atoms with Crippen molar-refractivity contribution in [3.63, 3.8) is 0 Å². The van der Waals surface area contributed by atoms with E-state index < -0.39 is 22.8 Å². The Labute approximate surface area is 157 Å². The van der Waals surface area contributed by atoms with Gasteiger partial charge in [-0.1, -0.05) is 11.8 Å². The molecule has 1 N–H and O–H groups in total. The number of thioether (sulfide) groups is 1. The number of benzene rings is 2. The molecule has 140 valence electrons. The minimum Gasteiger partial charge on any atom is -0.497 e. The second-order valence-electron chi connectivity index (χ2n) is 5.48. The van der Waals surface area contributed by atoms with Gasteiger partial charge in [0.25, 0.3) is 5.22 Å². The van der Waals surface area contributed by atoms with E-state index in [2.05, 4.69) is 15.5 Å². The van der Waals surface area contributed by atoms with Gasteiger partial charge in [0.05, 0.1) is 12.4 Å². The molecule has 9 heteroatoms. The Morgan fingerprint density at radius 1 is 1.15 bits per heavy atom. The lowest BCUT2D eigenvalue weighted by atomic mass is 10.2. The van der Waals surface area contributed by atoms with Crippen molar-refractivity contribution >= 4 is 23.4 Å². The topological polar surface area (TPSA) is 77.2 Å². The fraction of sp³-hybridized carbons (Fsp3) is 0.167. The first-order valence-electron chi connectivity index (χ1n) is 7.87. The van der Waals surface area contributed by atoms with Crippen LogP contribution in [0, 0.1) is 11.6 Å². The summed E-state index contributed by atoms with van der Waals surface area (Å²) in [5.74, 6) is -1.40. The van der Waals surface area contributed by atoms with E-state index in [1.807, 2.05) is 0 Å². The van der Waals surface area contributed by atoms with Gasteiger partial charge in [-0.15, -0.1) is 10.2 Å². The zero-order valence-corrected chi connectivity index (χ0v) is 15.2. The van der Waals surface area contributed by atoms with E-state index in [0.717, 1.165) is 23.9 Å². The summed E-state index contributed by atoms with van der Waals surface area (Å²) in [6, 6.07) is 10.2. The lowest BCUT2D eigenvalue weighted by molar-refractivity contribution is -0.115. The number of rotatable bonds is 6. The number of hydrogen-bond donors (Lipinski definition) is 1. The van der Waals surface area contributed by atoms with Crippen LogP contribution in [0.4, 0.5) is 14.5 Å². The Morgan fingerprint density at radius 2 is 1.89 bits per heavy atom. The second kappa shape index (κ2) is 8.17. The lowest BCUT2D eigenvalue weighted by Gasteiger charge is -2.10. The summed E-state index contributed by atoms with van der Waals surface area (Å²) in [5, 5.41) is 10.0. The highest BCUT2D eigenvalue weighted by atomic mass is 32.2. The van der Waals surface area contributed by atoms with Crippen molar-refractivity contribution in [1.29, 1.82) is 0 Å². The van der Waals surface area contributed by atoms with Crippen molar-refractivity contribution in [2.45, 2.75) is 17.4 Å². The van der Waals surface area contributed by atoms with E-state index >= 15 is 0 Å². The zero-order valence-electron chi connectivity index (χ0n) is 14.4. The smallest absolute Gasteiger partial charge is 0.277 e. The van der Waals surface area contributed by atoms with Crippen LogP contribution in [0.2, 0.25) is 0 Å². The van der Waals surface area contributed by atoms with Crippen molar-refractivity contribution in [3.8, 4) is 17.2 Å². The number of methoxy groups -OCH3 is 1. The molecular formula is C18H15F2N3O3S. The molecule has 0 saturated carbocycles. The summed E-state index contributed by atoms with van der Waals surface area (Å²) >= 11 is 1.06. The molecule has 3 rings (SSSR count). The molecule has 6 nitrogen and oxygen atoms in total. The monoisotopic (exact) mass is 391 g/mol. The van der Waals surface area contributed by atoms with Gasteiger partial charge < -0.3 is 14.5 Å². The molecule has 3 aromatic rings. The summed E-state index contributed by atoms with van der Waals surface area (Å²) in [7, 11) is 1.57. The van der Waals surface area contributed by atoms with Crippen LogP contribution in [-0.4, -0.2) is 28.5 Å². The number of nitrogens with one attached hydrogen (secondary N) is 1. The highest BCUT2D eigenvalue weighted by molar-refractivity contribution is 8.00. The molecule has 1 heterocycles. The molecule has 2 aromatic carbocycles. The van der Waals surface area contributed by atoms with E-state index in [4.69, 9.17) is 9.15 Å². The number of carbonyl (C=O) groups is 1. The molecular weight excluding hydrogens is 376 g/mol. The lowest BCUT2D eigenvalue weighted by Crippen LogP contribution is -2.22. The number of ether oxygens (including phenoxy) is 1. The van der Waals surface area contributed by atoms with E-state index in [-0.39, 0.29) is 10.9 Å². The van der Waals surface area contributed by atoms with Crippen molar-refractivity contribution < 1.29 is 22.7 Å². The van der Waals surface area contributed by atoms with Gasteiger partial charge in [0, 0.05) is 17.3 Å². The Kier molecular flexibility index (Phi) is 5.70. The summed E-state index contributed by atoms with van der Waals surface area (Å²) < 4.78 is 36.8. The van der Waals surface area contributed by atoms with Gasteiger partial charge >= 0.3 is 0 Å². The van der Waals surface area contributed by atoms with Crippen LogP contribution in [0.15, 0.2) is 52.1 Å². The number of anilines is 1. The SMILES string of the molecule is COc1ccc(-c2nnc(S[C@H](C)C(=O)Nc3ccc(F)c(F)c3)o2)cc1. The Hall–Kier alpha value is -2.94. The first kappa shape index (κ1) is 18.8. The van der Waals surface area contributed by atoms with E-state index in [0.29, 0.717) is 17.2 Å². The minimum absolute atomic E-state index is 0.163. The van der Waals surface area contributed by atoms with Crippen molar-refractivity contribution in [2.24, 2.45) is 0 Å². The molecule has 0 aliphatic carbocycles. The number of aromatic nitrogens is 2. The minimum atomic E-state index is -1.03. The van der Waals surface area contributed by atoms with Gasteiger partial charge in [-0.25, -0.2) is 8.78 Å². The summed E-state index contributed by atoms with van der Waals surface area (Å²) in [6.07, 6.45) is 0. The molecule has 1 aromatic heterocycles. The molecule has 1 amide bonds. The third kappa shape index (κ3) is 4.62. The Morgan fingerprint density at radius 3 is 2.56 bits per heavy atom. The van der Waals surface area contributed by atoms with Crippen LogP contribution < -0.4 is 10.1 Å². The van der Waals surface area contributed by atoms with Crippen LogP contribution in [0.1, 0.15) is 6.92 Å². The maximum Gasteiger partial charge on any atom is 0.277 e. The van der Waals surface area contributed by atoms with Crippen LogP contribution in [0.3, 0.4) is 0 Å². The predicted octanol–water partition coefficient (Wildman–Crippen LogP) is 4.14. The first-order chi connectivity index (χ1) is 13.0. The molecule has 0 aliphatic rings. The highest BCUT2D eigenvalue weighted by Crippen LogP contribution is 2.27. The quantitative estimate of drug-likeness (QED) is 0.637. The number of amides is 1. The van der Waals surface area contributed by atoms with Crippen LogP contribution in [-0.2, 0) is 4.79 Å². The molecule has 27 heavy (non-hydrogen) atoms. The Bertz CT molecular complexity index is 947. The zero-order chi connectivity index (χ0) is 19.4. The number of carbonyl (C=O) groups excluding carboxylic acids is 1. The molecule has 0 saturated heterocycles. The molecule has 0 spiro atoms. The van der Waals surface area contributed by atoms with E-state index in [9.17, 15) is 13.6 Å². The fourth-order valence-electron chi connectivity index (χ4n) is 2.13. The number of nitrogens with zero attached hydrogens (tertiary/aromatic N) is 2. The molecule has 1 atom stereocenters. The highest BCUT2D eigenvalue weighted by Gasteiger charge is 2.19. The molecule has 0 aliphatic heterocycles. The van der Waals surface area contributed by atoms with Gasteiger partial charge in [-0.3, -0.25) is 4.79 Å². The van der Waals surface area contributed by atoms with Crippen LogP contribution in [0.25, 0.3) is 11.5 Å². The number of halogens is 2. The number of hydrogen-bond acceptors (Lipinski definition) is 6. The van der Waals surface area contributed by atoms with Gasteiger partial charge in [-0.05, 0) is 43.3 Å². The van der Waals surface area contributed by atoms with Gasteiger partial charge in [0.1, 0.15) is 5.75 Å². The largest absolute Gasteiger partial charge is 0.497 e. The maximum absolute atomic E-state index is 13.2. The molecule has 0 radical (unpaired) electrons. The van der Waals surface area contributed by atoms with Crippen molar-refractivity contribution in [1.82, 2.24) is 10.2 Å². The molecule has 0 bridgehead atoms. The molecule has 0 fully saturated rings. The van der Waals surface area contributed by atoms with Gasteiger partial charge in [0.2, 0.25) is 11.8 Å². The normalized spacial score (nSPS) is 11.9. The van der Waals surface area contributed by atoms with Crippen molar-refractivity contribution in [3.05, 3.63) is 54.1 Å². The van der Waals surface area contributed by atoms with E-state index in [1.54, 1.807) is 38.3 Å². The van der Waals surface area contributed by atoms with Gasteiger partial charge in [0.15, 0.2) is 11.6 Å². The average molecular weight is 391 g/mol. The maximum atomic E-state index is 13.2.